The van der Waals surface area contributed by atoms with Crippen LogP contribution in [0.2, 0.25) is 0 Å². The monoisotopic (exact) mass is 252 g/mol. The fraction of sp³-hybridized carbons (Fsp3) is 0.933. The molecule has 1 amide bonds. The number of amides is 1. The van der Waals surface area contributed by atoms with Gasteiger partial charge in [-0.05, 0) is 44.1 Å². The van der Waals surface area contributed by atoms with Crippen molar-refractivity contribution in [2.24, 2.45) is 17.8 Å². The van der Waals surface area contributed by atoms with E-state index in [1.54, 1.807) is 0 Å². The minimum absolute atomic E-state index is 0.212. The quantitative estimate of drug-likeness (QED) is 0.806. The van der Waals surface area contributed by atoms with E-state index in [4.69, 9.17) is 0 Å². The summed E-state index contributed by atoms with van der Waals surface area (Å²) >= 11 is 0. The third kappa shape index (κ3) is 4.27. The van der Waals surface area contributed by atoms with Crippen LogP contribution in [0.3, 0.4) is 0 Å². The van der Waals surface area contributed by atoms with Crippen LogP contribution < -0.4 is 10.6 Å². The van der Waals surface area contributed by atoms with Gasteiger partial charge < -0.3 is 10.6 Å². The van der Waals surface area contributed by atoms with Crippen LogP contribution in [0.25, 0.3) is 0 Å². The Hall–Kier alpha value is -0.570. The SMILES string of the molecule is CC1CCCC(CCNC(=O)[C@@H]2CCCNC2)C1. The van der Waals surface area contributed by atoms with E-state index < -0.39 is 0 Å². The number of nitrogens with one attached hydrogen (secondary N) is 2. The molecule has 2 fully saturated rings. The Morgan fingerprint density at radius 2 is 2.17 bits per heavy atom. The highest BCUT2D eigenvalue weighted by molar-refractivity contribution is 5.78. The summed E-state index contributed by atoms with van der Waals surface area (Å²) in [6.45, 7) is 5.18. The van der Waals surface area contributed by atoms with E-state index in [1.165, 1.54) is 32.1 Å². The summed E-state index contributed by atoms with van der Waals surface area (Å²) in [5.41, 5.74) is 0. The van der Waals surface area contributed by atoms with Gasteiger partial charge >= 0.3 is 0 Å². The Morgan fingerprint density at radius 1 is 1.28 bits per heavy atom. The van der Waals surface area contributed by atoms with E-state index in [2.05, 4.69) is 17.6 Å². The molecule has 1 saturated heterocycles. The van der Waals surface area contributed by atoms with Gasteiger partial charge in [-0.2, -0.15) is 0 Å². The number of hydrogen-bond donors (Lipinski definition) is 2. The molecule has 2 N–H and O–H groups in total. The third-order valence-corrected chi connectivity index (χ3v) is 4.56. The molecule has 0 aromatic heterocycles. The van der Waals surface area contributed by atoms with Gasteiger partial charge in [0.1, 0.15) is 0 Å². The molecular formula is C15H28N2O. The smallest absolute Gasteiger partial charge is 0.224 e. The molecule has 2 rings (SSSR count). The molecule has 2 aliphatic rings. The fourth-order valence-corrected chi connectivity index (χ4v) is 3.44. The molecule has 0 aromatic carbocycles. The summed E-state index contributed by atoms with van der Waals surface area (Å²) in [6, 6.07) is 0. The van der Waals surface area contributed by atoms with Crippen molar-refractivity contribution in [3.05, 3.63) is 0 Å². The lowest BCUT2D eigenvalue weighted by Crippen LogP contribution is -2.41. The van der Waals surface area contributed by atoms with Crippen molar-refractivity contribution in [1.29, 1.82) is 0 Å². The minimum atomic E-state index is 0.212. The van der Waals surface area contributed by atoms with E-state index in [0.717, 1.165) is 44.3 Å². The zero-order valence-corrected chi connectivity index (χ0v) is 11.7. The first-order valence-corrected chi connectivity index (χ1v) is 7.74. The standard InChI is InChI=1S/C15H28N2O/c1-12-4-2-5-13(10-12)7-9-17-15(18)14-6-3-8-16-11-14/h12-14,16H,2-11H2,1H3,(H,17,18)/t12?,13?,14-/m1/s1. The molecule has 1 aliphatic heterocycles. The highest BCUT2D eigenvalue weighted by atomic mass is 16.1. The largest absolute Gasteiger partial charge is 0.356 e. The molecule has 3 nitrogen and oxygen atoms in total. The number of carbonyl (C=O) groups is 1. The number of rotatable bonds is 4. The number of hydrogen-bond acceptors (Lipinski definition) is 2. The first-order valence-electron chi connectivity index (χ1n) is 7.74. The van der Waals surface area contributed by atoms with Crippen molar-refractivity contribution in [3.8, 4) is 0 Å². The van der Waals surface area contributed by atoms with Crippen LogP contribution in [-0.4, -0.2) is 25.5 Å². The van der Waals surface area contributed by atoms with E-state index in [9.17, 15) is 4.79 Å². The van der Waals surface area contributed by atoms with E-state index in [-0.39, 0.29) is 11.8 Å². The molecule has 3 atom stereocenters. The molecule has 1 aliphatic carbocycles. The lowest BCUT2D eigenvalue weighted by molar-refractivity contribution is -0.125. The maximum Gasteiger partial charge on any atom is 0.224 e. The molecular weight excluding hydrogens is 224 g/mol. The average molecular weight is 252 g/mol. The van der Waals surface area contributed by atoms with Crippen molar-refractivity contribution in [3.63, 3.8) is 0 Å². The van der Waals surface area contributed by atoms with Gasteiger partial charge in [-0.3, -0.25) is 4.79 Å². The van der Waals surface area contributed by atoms with Gasteiger partial charge in [-0.1, -0.05) is 26.2 Å². The summed E-state index contributed by atoms with van der Waals surface area (Å²) in [4.78, 5) is 12.0. The summed E-state index contributed by atoms with van der Waals surface area (Å²) in [7, 11) is 0. The lowest BCUT2D eigenvalue weighted by Gasteiger charge is -2.27. The number of piperidine rings is 1. The molecule has 1 saturated carbocycles. The molecule has 104 valence electrons. The lowest BCUT2D eigenvalue weighted by atomic mass is 9.81. The Labute approximate surface area is 111 Å². The Morgan fingerprint density at radius 3 is 2.89 bits per heavy atom. The molecule has 0 spiro atoms. The van der Waals surface area contributed by atoms with Gasteiger partial charge in [0.2, 0.25) is 5.91 Å². The average Bonchev–Trinajstić information content (AvgIpc) is 2.40. The van der Waals surface area contributed by atoms with Gasteiger partial charge in [0, 0.05) is 13.1 Å². The Bertz CT molecular complexity index is 261. The summed E-state index contributed by atoms with van der Waals surface area (Å²) in [6.07, 6.45) is 8.88. The van der Waals surface area contributed by atoms with E-state index >= 15 is 0 Å². The molecule has 0 radical (unpaired) electrons. The van der Waals surface area contributed by atoms with Crippen LogP contribution in [0.1, 0.15) is 51.9 Å². The molecule has 0 bridgehead atoms. The van der Waals surface area contributed by atoms with Crippen molar-refractivity contribution in [1.82, 2.24) is 10.6 Å². The van der Waals surface area contributed by atoms with Crippen molar-refractivity contribution in [2.45, 2.75) is 51.9 Å². The van der Waals surface area contributed by atoms with Gasteiger partial charge in [0.05, 0.1) is 5.92 Å². The van der Waals surface area contributed by atoms with Crippen molar-refractivity contribution >= 4 is 5.91 Å². The maximum absolute atomic E-state index is 12.0. The third-order valence-electron chi connectivity index (χ3n) is 4.56. The van der Waals surface area contributed by atoms with Gasteiger partial charge in [0.25, 0.3) is 0 Å². The molecule has 2 unspecified atom stereocenters. The number of carbonyl (C=O) groups excluding carboxylic acids is 1. The summed E-state index contributed by atoms with van der Waals surface area (Å²) in [5, 5.41) is 6.44. The highest BCUT2D eigenvalue weighted by Gasteiger charge is 2.22. The van der Waals surface area contributed by atoms with Gasteiger partial charge in [-0.15, -0.1) is 0 Å². The maximum atomic E-state index is 12.0. The van der Waals surface area contributed by atoms with Crippen LogP contribution >= 0.6 is 0 Å². The van der Waals surface area contributed by atoms with Crippen molar-refractivity contribution in [2.75, 3.05) is 19.6 Å². The second-order valence-electron chi connectivity index (χ2n) is 6.26. The van der Waals surface area contributed by atoms with Crippen LogP contribution in [0, 0.1) is 17.8 Å². The van der Waals surface area contributed by atoms with Crippen LogP contribution in [0.4, 0.5) is 0 Å². The van der Waals surface area contributed by atoms with Crippen molar-refractivity contribution < 1.29 is 4.79 Å². The first kappa shape index (κ1) is 13.9. The first-order chi connectivity index (χ1) is 8.75. The van der Waals surface area contributed by atoms with Crippen LogP contribution in [-0.2, 0) is 4.79 Å². The second-order valence-corrected chi connectivity index (χ2v) is 6.26. The van der Waals surface area contributed by atoms with E-state index in [1.807, 2.05) is 0 Å². The molecule has 3 heteroatoms. The predicted octanol–water partition coefficient (Wildman–Crippen LogP) is 2.32. The topological polar surface area (TPSA) is 41.1 Å². The molecule has 18 heavy (non-hydrogen) atoms. The second kappa shape index (κ2) is 7.13. The molecule has 1 heterocycles. The van der Waals surface area contributed by atoms with Crippen LogP contribution in [0.15, 0.2) is 0 Å². The fourth-order valence-electron chi connectivity index (χ4n) is 3.44. The van der Waals surface area contributed by atoms with Crippen LogP contribution in [0.5, 0.6) is 0 Å². The molecule has 0 aromatic rings. The highest BCUT2D eigenvalue weighted by Crippen LogP contribution is 2.30. The predicted molar refractivity (Wildman–Crippen MR) is 74.3 cm³/mol. The minimum Gasteiger partial charge on any atom is -0.356 e. The van der Waals surface area contributed by atoms with E-state index in [0.29, 0.717) is 0 Å². The summed E-state index contributed by atoms with van der Waals surface area (Å²) < 4.78 is 0. The Balaban J connectivity index is 1.60. The summed E-state index contributed by atoms with van der Waals surface area (Å²) in [5.74, 6) is 2.22. The Kier molecular flexibility index (Phi) is 5.48. The zero-order valence-electron chi connectivity index (χ0n) is 11.7. The zero-order chi connectivity index (χ0) is 12.8. The van der Waals surface area contributed by atoms with Gasteiger partial charge in [-0.25, -0.2) is 0 Å². The normalized spacial score (nSPS) is 33.1. The van der Waals surface area contributed by atoms with Gasteiger partial charge in [0.15, 0.2) is 0 Å².